The summed E-state index contributed by atoms with van der Waals surface area (Å²) in [6, 6.07) is 0. The van der Waals surface area contributed by atoms with E-state index >= 15 is 0 Å². The Morgan fingerprint density at radius 3 is 2.53 bits per heavy atom. The first-order chi connectivity index (χ1) is 8.31. The molecule has 17 heavy (non-hydrogen) atoms. The van der Waals surface area contributed by atoms with Crippen LogP contribution in [0.2, 0.25) is 0 Å². The van der Waals surface area contributed by atoms with Gasteiger partial charge in [0.2, 0.25) is 5.89 Å². The largest absolute Gasteiger partial charge is 0.385 e. The molecule has 0 saturated heterocycles. The molecule has 1 N–H and O–H groups in total. The van der Waals surface area contributed by atoms with Crippen LogP contribution in [0.15, 0.2) is 4.52 Å². The molecule has 2 rings (SSSR count). The van der Waals surface area contributed by atoms with E-state index in [0.29, 0.717) is 18.2 Å². The van der Waals surface area contributed by atoms with Crippen molar-refractivity contribution in [2.24, 2.45) is 0 Å². The third kappa shape index (κ3) is 3.28. The minimum absolute atomic E-state index is 0.403. The van der Waals surface area contributed by atoms with Gasteiger partial charge in [-0.2, -0.15) is 4.98 Å². The van der Waals surface area contributed by atoms with Gasteiger partial charge in [0, 0.05) is 5.92 Å². The molecule has 96 valence electrons. The Balaban J connectivity index is 2.01. The predicted octanol–water partition coefficient (Wildman–Crippen LogP) is 3.34. The summed E-state index contributed by atoms with van der Waals surface area (Å²) in [4.78, 5) is 4.35. The van der Waals surface area contributed by atoms with Crippen LogP contribution in [0.25, 0.3) is 0 Å². The van der Waals surface area contributed by atoms with Crippen molar-refractivity contribution < 1.29 is 9.63 Å². The Morgan fingerprint density at radius 2 is 1.88 bits per heavy atom. The second-order valence-corrected chi connectivity index (χ2v) is 4.96. The first kappa shape index (κ1) is 12.6. The van der Waals surface area contributed by atoms with Gasteiger partial charge >= 0.3 is 0 Å². The number of aliphatic hydroxyl groups excluding tert-OH is 1. The van der Waals surface area contributed by atoms with Gasteiger partial charge in [0.25, 0.3) is 0 Å². The monoisotopic (exact) mass is 238 g/mol. The van der Waals surface area contributed by atoms with Gasteiger partial charge in [0.05, 0.1) is 0 Å². The Hall–Kier alpha value is -0.900. The summed E-state index contributed by atoms with van der Waals surface area (Å²) < 4.78 is 5.30. The number of rotatable bonds is 3. The lowest BCUT2D eigenvalue weighted by Crippen LogP contribution is -2.04. The smallest absolute Gasteiger partial charge is 0.229 e. The highest BCUT2D eigenvalue weighted by Gasteiger charge is 2.21. The van der Waals surface area contributed by atoms with Crippen LogP contribution in [-0.2, 0) is 0 Å². The summed E-state index contributed by atoms with van der Waals surface area (Å²) >= 11 is 0. The molecule has 1 aromatic rings. The van der Waals surface area contributed by atoms with Crippen molar-refractivity contribution in [1.29, 1.82) is 0 Å². The molecule has 4 heteroatoms. The van der Waals surface area contributed by atoms with E-state index < -0.39 is 6.10 Å². The summed E-state index contributed by atoms with van der Waals surface area (Å²) in [6.07, 6.45) is 8.82. The van der Waals surface area contributed by atoms with E-state index in [2.05, 4.69) is 10.1 Å². The molecular weight excluding hydrogens is 216 g/mol. The maximum Gasteiger partial charge on any atom is 0.229 e. The van der Waals surface area contributed by atoms with Crippen LogP contribution in [0.3, 0.4) is 0 Å². The molecule has 0 spiro atoms. The topological polar surface area (TPSA) is 59.2 Å². The summed E-state index contributed by atoms with van der Waals surface area (Å²) in [5.41, 5.74) is 0. The van der Waals surface area contributed by atoms with Gasteiger partial charge in [0.1, 0.15) is 6.10 Å². The van der Waals surface area contributed by atoms with Gasteiger partial charge in [-0.15, -0.1) is 0 Å². The van der Waals surface area contributed by atoms with Crippen molar-refractivity contribution in [2.45, 2.75) is 70.3 Å². The van der Waals surface area contributed by atoms with Crippen molar-refractivity contribution in [1.82, 2.24) is 10.1 Å². The second kappa shape index (κ2) is 6.15. The minimum atomic E-state index is -0.582. The summed E-state index contributed by atoms with van der Waals surface area (Å²) in [7, 11) is 0. The molecule has 1 unspecified atom stereocenters. The van der Waals surface area contributed by atoms with Crippen molar-refractivity contribution in [2.75, 3.05) is 0 Å². The van der Waals surface area contributed by atoms with Crippen LogP contribution >= 0.6 is 0 Å². The van der Waals surface area contributed by atoms with Crippen molar-refractivity contribution in [3.63, 3.8) is 0 Å². The van der Waals surface area contributed by atoms with Gasteiger partial charge in [0.15, 0.2) is 5.82 Å². The van der Waals surface area contributed by atoms with E-state index in [1.807, 2.05) is 6.92 Å². The van der Waals surface area contributed by atoms with Gasteiger partial charge < -0.3 is 9.63 Å². The van der Waals surface area contributed by atoms with Crippen LogP contribution in [-0.4, -0.2) is 15.2 Å². The summed E-state index contributed by atoms with van der Waals surface area (Å²) in [5, 5.41) is 13.5. The molecule has 0 aromatic carbocycles. The van der Waals surface area contributed by atoms with E-state index in [1.165, 1.54) is 32.1 Å². The number of aromatic nitrogens is 2. The Bertz CT molecular complexity index is 330. The maximum absolute atomic E-state index is 9.66. The van der Waals surface area contributed by atoms with E-state index in [1.54, 1.807) is 0 Å². The van der Waals surface area contributed by atoms with Gasteiger partial charge in [-0.05, 0) is 19.3 Å². The lowest BCUT2D eigenvalue weighted by atomic mass is 9.91. The molecule has 0 radical (unpaired) electrons. The van der Waals surface area contributed by atoms with Crippen molar-refractivity contribution in [3.05, 3.63) is 11.7 Å². The van der Waals surface area contributed by atoms with E-state index in [0.717, 1.165) is 18.7 Å². The first-order valence-corrected chi connectivity index (χ1v) is 6.82. The van der Waals surface area contributed by atoms with Crippen LogP contribution < -0.4 is 0 Å². The molecule has 0 bridgehead atoms. The zero-order chi connectivity index (χ0) is 12.1. The molecule has 1 saturated carbocycles. The molecule has 1 atom stereocenters. The van der Waals surface area contributed by atoms with E-state index in [4.69, 9.17) is 4.52 Å². The van der Waals surface area contributed by atoms with Crippen LogP contribution in [0.1, 0.15) is 82.0 Å². The molecule has 4 nitrogen and oxygen atoms in total. The van der Waals surface area contributed by atoms with Crippen molar-refractivity contribution in [3.8, 4) is 0 Å². The average molecular weight is 238 g/mol. The number of hydrogen-bond acceptors (Lipinski definition) is 4. The highest BCUT2D eigenvalue weighted by molar-refractivity contribution is 4.96. The van der Waals surface area contributed by atoms with Gasteiger partial charge in [-0.3, -0.25) is 0 Å². The zero-order valence-corrected chi connectivity index (χ0v) is 10.6. The normalized spacial score (nSPS) is 20.8. The van der Waals surface area contributed by atoms with Crippen LogP contribution in [0.4, 0.5) is 0 Å². The Kier molecular flexibility index (Phi) is 4.54. The van der Waals surface area contributed by atoms with E-state index in [-0.39, 0.29) is 0 Å². The summed E-state index contributed by atoms with van der Waals surface area (Å²) in [5.74, 6) is 1.58. The highest BCUT2D eigenvalue weighted by Crippen LogP contribution is 2.30. The highest BCUT2D eigenvalue weighted by atomic mass is 16.5. The third-order valence-electron chi connectivity index (χ3n) is 3.60. The van der Waals surface area contributed by atoms with Gasteiger partial charge in [-0.1, -0.05) is 44.2 Å². The molecule has 1 aromatic heterocycles. The number of aliphatic hydroxyl groups is 1. The lowest BCUT2D eigenvalue weighted by molar-refractivity contribution is 0.159. The van der Waals surface area contributed by atoms with Crippen LogP contribution in [0.5, 0.6) is 0 Å². The fourth-order valence-electron chi connectivity index (χ4n) is 2.43. The summed E-state index contributed by atoms with van der Waals surface area (Å²) in [6.45, 7) is 1.91. The van der Waals surface area contributed by atoms with Crippen LogP contribution in [0, 0.1) is 0 Å². The first-order valence-electron chi connectivity index (χ1n) is 6.82. The molecule has 0 amide bonds. The number of hydrogen-bond donors (Lipinski definition) is 1. The van der Waals surface area contributed by atoms with Gasteiger partial charge in [-0.25, -0.2) is 0 Å². The van der Waals surface area contributed by atoms with Crippen molar-refractivity contribution >= 4 is 0 Å². The lowest BCUT2D eigenvalue weighted by Gasteiger charge is -2.15. The number of nitrogens with zero attached hydrogens (tertiary/aromatic N) is 2. The quantitative estimate of drug-likeness (QED) is 0.877. The average Bonchev–Trinajstić information content (AvgIpc) is 2.77. The molecular formula is C13H22N2O2. The fraction of sp³-hybridized carbons (Fsp3) is 0.846. The Morgan fingerprint density at radius 1 is 1.24 bits per heavy atom. The SMILES string of the molecule is CCC(O)c1noc(C2CCCCCCC2)n1. The maximum atomic E-state index is 9.66. The molecule has 1 aliphatic rings. The molecule has 1 heterocycles. The molecule has 0 aliphatic heterocycles. The second-order valence-electron chi connectivity index (χ2n) is 4.96. The third-order valence-corrected chi connectivity index (χ3v) is 3.60. The fourth-order valence-corrected chi connectivity index (χ4v) is 2.43. The Labute approximate surface area is 102 Å². The zero-order valence-electron chi connectivity index (χ0n) is 10.6. The standard InChI is InChI=1S/C13H22N2O2/c1-2-11(16)12-14-13(17-15-12)10-8-6-4-3-5-7-9-10/h10-11,16H,2-9H2,1H3. The van der Waals surface area contributed by atoms with E-state index in [9.17, 15) is 5.11 Å². The molecule has 1 aliphatic carbocycles. The molecule has 1 fully saturated rings. The predicted molar refractivity (Wildman–Crippen MR) is 64.6 cm³/mol. The minimum Gasteiger partial charge on any atom is -0.385 e.